The molecule has 0 bridgehead atoms. The summed E-state index contributed by atoms with van der Waals surface area (Å²) in [6.07, 6.45) is -0.147. The maximum atomic E-state index is 11.4. The van der Waals surface area contributed by atoms with Crippen LogP contribution in [-0.2, 0) is 6.42 Å². The monoisotopic (exact) mass is 307 g/mol. The average molecular weight is 307 g/mol. The van der Waals surface area contributed by atoms with Gasteiger partial charge in [-0.1, -0.05) is 48.5 Å². The zero-order valence-corrected chi connectivity index (χ0v) is 13.5. The van der Waals surface area contributed by atoms with Crippen molar-refractivity contribution >= 4 is 27.6 Å². The third-order valence-corrected chi connectivity index (χ3v) is 4.50. The highest BCUT2D eigenvalue weighted by molar-refractivity contribution is 6.02. The molecule has 0 saturated heterocycles. The summed E-state index contributed by atoms with van der Waals surface area (Å²) < 4.78 is 0. The molecule has 1 unspecified atom stereocenters. The van der Waals surface area contributed by atoms with Gasteiger partial charge in [-0.15, -0.1) is 0 Å². The Kier molecular flexibility index (Phi) is 4.20. The predicted octanol–water partition coefficient (Wildman–Crippen LogP) is 4.92. The maximum absolute atomic E-state index is 11.4. The molecule has 0 aromatic heterocycles. The number of amides is 1. The second kappa shape index (κ2) is 6.29. The van der Waals surface area contributed by atoms with E-state index in [1.165, 1.54) is 32.0 Å². The number of hydrogen-bond donors (Lipinski definition) is 1. The minimum atomic E-state index is -0.857. The summed E-state index contributed by atoms with van der Waals surface area (Å²) in [4.78, 5) is 12.9. The van der Waals surface area contributed by atoms with Gasteiger partial charge in [-0.25, -0.2) is 4.79 Å². The molecule has 0 aliphatic heterocycles. The highest BCUT2D eigenvalue weighted by Crippen LogP contribution is 2.30. The van der Waals surface area contributed by atoms with Crippen LogP contribution in [0.4, 0.5) is 4.79 Å². The van der Waals surface area contributed by atoms with Gasteiger partial charge in [0, 0.05) is 12.6 Å². The normalized spacial score (nSPS) is 12.4. The Morgan fingerprint density at radius 3 is 2.04 bits per heavy atom. The fourth-order valence-electron chi connectivity index (χ4n) is 3.37. The van der Waals surface area contributed by atoms with Crippen LogP contribution in [0.2, 0.25) is 0 Å². The van der Waals surface area contributed by atoms with Gasteiger partial charge in [0.1, 0.15) is 0 Å². The Bertz CT molecular complexity index is 803. The Balaban J connectivity index is 2.15. The van der Waals surface area contributed by atoms with Crippen LogP contribution < -0.4 is 0 Å². The Morgan fingerprint density at radius 2 is 1.57 bits per heavy atom. The van der Waals surface area contributed by atoms with Gasteiger partial charge in [-0.05, 0) is 53.4 Å². The molecule has 0 aliphatic carbocycles. The van der Waals surface area contributed by atoms with Crippen LogP contribution in [-0.4, -0.2) is 28.7 Å². The molecule has 23 heavy (non-hydrogen) atoms. The first-order chi connectivity index (χ1) is 11.1. The van der Waals surface area contributed by atoms with Crippen LogP contribution in [0.15, 0.2) is 54.6 Å². The van der Waals surface area contributed by atoms with Crippen LogP contribution in [0.5, 0.6) is 0 Å². The number of hydrogen-bond acceptors (Lipinski definition) is 1. The summed E-state index contributed by atoms with van der Waals surface area (Å²) in [6, 6.07) is 18.8. The fourth-order valence-corrected chi connectivity index (χ4v) is 3.37. The summed E-state index contributed by atoms with van der Waals surface area (Å²) in [5.41, 5.74) is 1.23. The summed E-state index contributed by atoms with van der Waals surface area (Å²) >= 11 is 0. The zero-order valence-electron chi connectivity index (χ0n) is 13.5. The minimum absolute atomic E-state index is 0.0632. The summed E-state index contributed by atoms with van der Waals surface area (Å²) in [7, 11) is 0. The van der Waals surface area contributed by atoms with E-state index >= 15 is 0 Å². The lowest BCUT2D eigenvalue weighted by Gasteiger charge is -2.26. The average Bonchev–Trinajstić information content (AvgIpc) is 2.55. The van der Waals surface area contributed by atoms with Crippen molar-refractivity contribution in [1.29, 1.82) is 0 Å². The van der Waals surface area contributed by atoms with Gasteiger partial charge in [0.05, 0.1) is 0 Å². The van der Waals surface area contributed by atoms with E-state index in [9.17, 15) is 9.90 Å². The predicted molar refractivity (Wildman–Crippen MR) is 95.0 cm³/mol. The molecule has 3 aromatic rings. The fraction of sp³-hybridized carbons (Fsp3) is 0.250. The molecule has 1 atom stereocenters. The number of carbonyl (C=O) groups is 1. The van der Waals surface area contributed by atoms with Crippen LogP contribution in [0, 0.1) is 0 Å². The highest BCUT2D eigenvalue weighted by atomic mass is 16.4. The van der Waals surface area contributed by atoms with E-state index < -0.39 is 6.09 Å². The number of benzene rings is 3. The molecule has 3 aromatic carbocycles. The molecule has 3 nitrogen and oxygen atoms in total. The Labute approximate surface area is 136 Å². The van der Waals surface area contributed by atoms with E-state index in [-0.39, 0.29) is 6.04 Å². The molecule has 0 spiro atoms. The van der Waals surface area contributed by atoms with Gasteiger partial charge >= 0.3 is 6.09 Å². The first-order valence-electron chi connectivity index (χ1n) is 8.00. The summed E-state index contributed by atoms with van der Waals surface area (Å²) in [5, 5.41) is 14.2. The summed E-state index contributed by atoms with van der Waals surface area (Å²) in [6.45, 7) is 4.36. The highest BCUT2D eigenvalue weighted by Gasteiger charge is 2.19. The maximum Gasteiger partial charge on any atom is 0.407 e. The third-order valence-electron chi connectivity index (χ3n) is 4.50. The van der Waals surface area contributed by atoms with Crippen LogP contribution in [0.25, 0.3) is 21.5 Å². The van der Waals surface area contributed by atoms with Gasteiger partial charge in [-0.2, -0.15) is 0 Å². The van der Waals surface area contributed by atoms with Crippen molar-refractivity contribution in [3.8, 4) is 0 Å². The lowest BCUT2D eigenvalue weighted by molar-refractivity contribution is 0.131. The van der Waals surface area contributed by atoms with Gasteiger partial charge in [0.15, 0.2) is 0 Å². The molecule has 0 aliphatic rings. The third kappa shape index (κ3) is 2.87. The smallest absolute Gasteiger partial charge is 0.407 e. The molecule has 0 saturated carbocycles. The molecule has 0 heterocycles. The molecule has 0 fully saturated rings. The first kappa shape index (κ1) is 15.3. The molecule has 0 radical (unpaired) electrons. The first-order valence-corrected chi connectivity index (χ1v) is 8.00. The number of fused-ring (bicyclic) bond motifs is 2. The molecule has 3 heteroatoms. The van der Waals surface area contributed by atoms with Crippen LogP contribution in [0.3, 0.4) is 0 Å². The van der Waals surface area contributed by atoms with Crippen LogP contribution in [0.1, 0.15) is 19.4 Å². The van der Waals surface area contributed by atoms with E-state index in [1.54, 1.807) is 0 Å². The van der Waals surface area contributed by atoms with Gasteiger partial charge in [0.25, 0.3) is 0 Å². The molecule has 1 amide bonds. The van der Waals surface area contributed by atoms with Gasteiger partial charge < -0.3 is 10.0 Å². The minimum Gasteiger partial charge on any atom is -0.465 e. The molecule has 118 valence electrons. The standard InChI is InChI=1S/C20H21NO2/c1-3-21(20(22)23)14(2)12-19-17-10-6-4-8-15(17)13-16-9-5-7-11-18(16)19/h4-11,13-14H,3,12H2,1-2H3,(H,22,23). The lowest BCUT2D eigenvalue weighted by atomic mass is 9.92. The SMILES string of the molecule is CCN(C(=O)O)C(C)Cc1c2ccccc2cc2ccccc12. The summed E-state index contributed by atoms with van der Waals surface area (Å²) in [5.74, 6) is 0. The topological polar surface area (TPSA) is 40.5 Å². The second-order valence-corrected chi connectivity index (χ2v) is 5.92. The van der Waals surface area contributed by atoms with Crippen molar-refractivity contribution in [2.75, 3.05) is 6.54 Å². The van der Waals surface area contributed by atoms with E-state index in [0.29, 0.717) is 13.0 Å². The number of likely N-dealkylation sites (N-methyl/N-ethyl adjacent to an activating group) is 1. The van der Waals surface area contributed by atoms with Crippen molar-refractivity contribution in [3.63, 3.8) is 0 Å². The van der Waals surface area contributed by atoms with Crippen molar-refractivity contribution in [2.24, 2.45) is 0 Å². The van der Waals surface area contributed by atoms with Gasteiger partial charge in [0.2, 0.25) is 0 Å². The largest absolute Gasteiger partial charge is 0.465 e. The van der Waals surface area contributed by atoms with E-state index in [2.05, 4.69) is 30.3 Å². The quantitative estimate of drug-likeness (QED) is 0.695. The lowest BCUT2D eigenvalue weighted by Crippen LogP contribution is -2.38. The van der Waals surface area contributed by atoms with Crippen molar-refractivity contribution < 1.29 is 9.90 Å². The Morgan fingerprint density at radius 1 is 1.04 bits per heavy atom. The number of nitrogens with zero attached hydrogens (tertiary/aromatic N) is 1. The van der Waals surface area contributed by atoms with Gasteiger partial charge in [-0.3, -0.25) is 0 Å². The van der Waals surface area contributed by atoms with E-state index in [0.717, 1.165) is 0 Å². The number of carboxylic acid groups (broad SMARTS) is 1. The molecular formula is C20H21NO2. The van der Waals surface area contributed by atoms with Crippen molar-refractivity contribution in [3.05, 3.63) is 60.2 Å². The molecule has 3 rings (SSSR count). The van der Waals surface area contributed by atoms with E-state index in [1.807, 2.05) is 38.1 Å². The van der Waals surface area contributed by atoms with Crippen molar-refractivity contribution in [1.82, 2.24) is 4.90 Å². The molecular weight excluding hydrogens is 286 g/mol. The second-order valence-electron chi connectivity index (χ2n) is 5.92. The van der Waals surface area contributed by atoms with Crippen LogP contribution >= 0.6 is 0 Å². The zero-order chi connectivity index (χ0) is 16.4. The van der Waals surface area contributed by atoms with E-state index in [4.69, 9.17) is 0 Å². The number of rotatable bonds is 4. The van der Waals surface area contributed by atoms with Crippen molar-refractivity contribution in [2.45, 2.75) is 26.3 Å². The molecule has 1 N–H and O–H groups in total. The Hall–Kier alpha value is -2.55.